The van der Waals surface area contributed by atoms with Gasteiger partial charge in [-0.15, -0.1) is 24.2 Å². The van der Waals surface area contributed by atoms with Crippen LogP contribution < -0.4 is 16.0 Å². The van der Waals surface area contributed by atoms with Crippen molar-refractivity contribution in [3.05, 3.63) is 17.3 Å². The van der Waals surface area contributed by atoms with Crippen molar-refractivity contribution in [3.63, 3.8) is 0 Å². The number of carbonyl (C=O) groups is 1. The van der Waals surface area contributed by atoms with Gasteiger partial charge in [-0.1, -0.05) is 11.6 Å². The van der Waals surface area contributed by atoms with Crippen LogP contribution in [0.1, 0.15) is 19.8 Å². The van der Waals surface area contributed by atoms with Gasteiger partial charge in [0.05, 0.1) is 5.88 Å². The molecule has 0 unspecified atom stereocenters. The van der Waals surface area contributed by atoms with Crippen LogP contribution in [0.5, 0.6) is 0 Å². The maximum Gasteiger partial charge on any atom is 0.217 e. The maximum atomic E-state index is 10.9. The Kier molecular flexibility index (Phi) is 7.59. The van der Waals surface area contributed by atoms with Gasteiger partial charge in [0.2, 0.25) is 5.91 Å². The number of thioether (sulfide) groups is 1. The van der Waals surface area contributed by atoms with Gasteiger partial charge in [-0.2, -0.15) is 0 Å². The minimum atomic E-state index is -0.0390. The van der Waals surface area contributed by atoms with Crippen molar-refractivity contribution in [1.82, 2.24) is 10.3 Å². The predicted molar refractivity (Wildman–Crippen MR) is 90.5 cm³/mol. The van der Waals surface area contributed by atoms with Crippen molar-refractivity contribution in [1.29, 1.82) is 0 Å². The van der Waals surface area contributed by atoms with Crippen LogP contribution in [0.2, 0.25) is 5.15 Å². The minimum Gasteiger partial charge on any atom is -0.356 e. The van der Waals surface area contributed by atoms with E-state index in [0.717, 1.165) is 36.6 Å². The second kappa shape index (κ2) is 8.68. The lowest BCUT2D eigenvalue weighted by Crippen LogP contribution is -2.40. The molecule has 0 aromatic carbocycles. The Morgan fingerprint density at radius 1 is 1.52 bits per heavy atom. The molecule has 0 bridgehead atoms. The summed E-state index contributed by atoms with van der Waals surface area (Å²) in [4.78, 5) is 18.4. The smallest absolute Gasteiger partial charge is 0.217 e. The molecular weight excluding hydrogens is 331 g/mol. The first-order valence-corrected chi connectivity index (χ1v) is 7.96. The van der Waals surface area contributed by atoms with Crippen LogP contribution in [-0.2, 0) is 4.79 Å². The van der Waals surface area contributed by atoms with Crippen molar-refractivity contribution < 1.29 is 4.79 Å². The fourth-order valence-electron chi connectivity index (χ4n) is 2.06. The third-order valence-corrected chi connectivity index (χ3v) is 4.23. The number of piperidine rings is 1. The number of carbonyl (C=O) groups excluding carboxylic acids is 1. The van der Waals surface area contributed by atoms with E-state index in [4.69, 9.17) is 17.3 Å². The van der Waals surface area contributed by atoms with Crippen LogP contribution in [0.4, 0.5) is 5.82 Å². The van der Waals surface area contributed by atoms with Gasteiger partial charge in [-0.05, 0) is 25.0 Å². The number of halogens is 2. The highest BCUT2D eigenvalue weighted by Crippen LogP contribution is 2.26. The van der Waals surface area contributed by atoms with Gasteiger partial charge < -0.3 is 16.0 Å². The topological polar surface area (TPSA) is 71.2 Å². The summed E-state index contributed by atoms with van der Waals surface area (Å²) >= 11 is 7.61. The summed E-state index contributed by atoms with van der Waals surface area (Å²) in [6.45, 7) is 3.32. The number of nitrogens with two attached hydrogens (primary N) is 1. The zero-order valence-corrected chi connectivity index (χ0v) is 14.2. The minimum absolute atomic E-state index is 0. The molecule has 118 valence electrons. The molecule has 1 aliphatic heterocycles. The first kappa shape index (κ1) is 18.4. The SMILES string of the molecule is CC(=O)NCSc1cc(Cl)nc(N2CCC(N)CC2)c1.Cl. The van der Waals surface area contributed by atoms with Crippen molar-refractivity contribution >= 4 is 47.5 Å². The van der Waals surface area contributed by atoms with Gasteiger partial charge in [0.15, 0.2) is 0 Å². The zero-order chi connectivity index (χ0) is 14.5. The number of hydrogen-bond acceptors (Lipinski definition) is 5. The lowest BCUT2D eigenvalue weighted by Gasteiger charge is -2.31. The summed E-state index contributed by atoms with van der Waals surface area (Å²) in [5.74, 6) is 1.37. The normalized spacial score (nSPS) is 15.5. The fraction of sp³-hybridized carbons (Fsp3) is 0.538. The Morgan fingerprint density at radius 2 is 2.19 bits per heavy atom. The van der Waals surface area contributed by atoms with Gasteiger partial charge in [0, 0.05) is 31.0 Å². The van der Waals surface area contributed by atoms with E-state index in [0.29, 0.717) is 17.1 Å². The van der Waals surface area contributed by atoms with Gasteiger partial charge in [-0.25, -0.2) is 4.98 Å². The molecule has 2 rings (SSSR count). The van der Waals surface area contributed by atoms with Gasteiger partial charge in [-0.3, -0.25) is 4.79 Å². The second-order valence-electron chi connectivity index (χ2n) is 4.83. The van der Waals surface area contributed by atoms with Gasteiger partial charge in [0.1, 0.15) is 11.0 Å². The molecule has 1 saturated heterocycles. The first-order valence-electron chi connectivity index (χ1n) is 6.60. The van der Waals surface area contributed by atoms with Crippen molar-refractivity contribution in [2.24, 2.45) is 5.73 Å². The van der Waals surface area contributed by atoms with Crippen LogP contribution in [0, 0.1) is 0 Å². The van der Waals surface area contributed by atoms with E-state index in [2.05, 4.69) is 15.2 Å². The average molecular weight is 351 g/mol. The number of pyridine rings is 1. The lowest BCUT2D eigenvalue weighted by molar-refractivity contribution is -0.118. The maximum absolute atomic E-state index is 10.9. The predicted octanol–water partition coefficient (Wildman–Crippen LogP) is 2.27. The number of anilines is 1. The number of nitrogens with zero attached hydrogens (tertiary/aromatic N) is 2. The molecule has 3 N–H and O–H groups in total. The van der Waals surface area contributed by atoms with E-state index in [1.807, 2.05) is 12.1 Å². The zero-order valence-electron chi connectivity index (χ0n) is 11.8. The van der Waals surface area contributed by atoms with Crippen LogP contribution in [0.25, 0.3) is 0 Å². The molecule has 1 aromatic heterocycles. The van der Waals surface area contributed by atoms with Crippen LogP contribution in [0.3, 0.4) is 0 Å². The highest BCUT2D eigenvalue weighted by atomic mass is 35.5. The van der Waals surface area contributed by atoms with Crippen molar-refractivity contribution in [2.45, 2.75) is 30.7 Å². The largest absolute Gasteiger partial charge is 0.356 e. The Labute approximate surface area is 140 Å². The molecule has 1 aromatic rings. The second-order valence-corrected chi connectivity index (χ2v) is 6.27. The molecule has 0 saturated carbocycles. The molecule has 0 aliphatic carbocycles. The number of nitrogens with one attached hydrogen (secondary N) is 1. The molecule has 5 nitrogen and oxygen atoms in total. The first-order chi connectivity index (χ1) is 9.54. The lowest BCUT2D eigenvalue weighted by atomic mass is 10.1. The van der Waals surface area contributed by atoms with E-state index in [-0.39, 0.29) is 18.3 Å². The standard InChI is InChI=1S/C13H19ClN4OS.ClH/c1-9(19)16-8-20-11-6-12(14)17-13(7-11)18-4-2-10(15)3-5-18;/h6-7,10H,2-5,8,15H2,1H3,(H,16,19);1H. The summed E-state index contributed by atoms with van der Waals surface area (Å²) < 4.78 is 0. The fourth-order valence-corrected chi connectivity index (χ4v) is 3.15. The molecule has 1 aliphatic rings. The molecule has 1 fully saturated rings. The number of rotatable bonds is 4. The highest BCUT2D eigenvalue weighted by molar-refractivity contribution is 7.99. The van der Waals surface area contributed by atoms with Crippen LogP contribution >= 0.6 is 35.8 Å². The molecule has 0 spiro atoms. The summed E-state index contributed by atoms with van der Waals surface area (Å²) in [6, 6.07) is 4.11. The average Bonchev–Trinajstić information content (AvgIpc) is 2.38. The van der Waals surface area contributed by atoms with Crippen LogP contribution in [-0.4, -0.2) is 35.9 Å². The van der Waals surface area contributed by atoms with Gasteiger partial charge >= 0.3 is 0 Å². The van der Waals surface area contributed by atoms with E-state index >= 15 is 0 Å². The Balaban J connectivity index is 0.00000220. The van der Waals surface area contributed by atoms with Gasteiger partial charge in [0.25, 0.3) is 0 Å². The van der Waals surface area contributed by atoms with E-state index in [1.165, 1.54) is 18.7 Å². The number of amides is 1. The van der Waals surface area contributed by atoms with Crippen molar-refractivity contribution in [2.75, 3.05) is 23.9 Å². The Hall–Kier alpha value is -0.690. The molecular formula is C13H20Cl2N4OS. The summed E-state index contributed by atoms with van der Waals surface area (Å²) in [6.07, 6.45) is 1.95. The molecule has 21 heavy (non-hydrogen) atoms. The monoisotopic (exact) mass is 350 g/mol. The Bertz CT molecular complexity index is 481. The highest BCUT2D eigenvalue weighted by Gasteiger charge is 2.18. The molecule has 0 radical (unpaired) electrons. The number of hydrogen-bond donors (Lipinski definition) is 2. The molecule has 8 heteroatoms. The van der Waals surface area contributed by atoms with Crippen molar-refractivity contribution in [3.8, 4) is 0 Å². The summed E-state index contributed by atoms with van der Waals surface area (Å²) in [7, 11) is 0. The summed E-state index contributed by atoms with van der Waals surface area (Å²) in [5.41, 5.74) is 5.91. The molecule has 0 atom stereocenters. The molecule has 2 heterocycles. The molecule has 1 amide bonds. The third-order valence-electron chi connectivity index (χ3n) is 3.18. The Morgan fingerprint density at radius 3 is 2.81 bits per heavy atom. The quantitative estimate of drug-likeness (QED) is 0.495. The van der Waals surface area contributed by atoms with E-state index in [9.17, 15) is 4.79 Å². The summed E-state index contributed by atoms with van der Waals surface area (Å²) in [5, 5.41) is 3.22. The third kappa shape index (κ3) is 5.90. The van der Waals surface area contributed by atoms with E-state index in [1.54, 1.807) is 0 Å². The van der Waals surface area contributed by atoms with Crippen LogP contribution in [0.15, 0.2) is 17.0 Å². The van der Waals surface area contributed by atoms with E-state index < -0.39 is 0 Å². The number of aromatic nitrogens is 1.